The zero-order valence-corrected chi connectivity index (χ0v) is 9.13. The number of nitrogens with one attached hydrogen (secondary N) is 1. The quantitative estimate of drug-likeness (QED) is 0.800. The van der Waals surface area contributed by atoms with Crippen molar-refractivity contribution in [1.29, 1.82) is 0 Å². The van der Waals surface area contributed by atoms with Crippen molar-refractivity contribution in [3.05, 3.63) is 11.1 Å². The molecule has 6 heteroatoms. The van der Waals surface area contributed by atoms with E-state index in [-0.39, 0.29) is 12.3 Å². The number of carboxylic acid groups (broad SMARTS) is 1. The predicted molar refractivity (Wildman–Crippen MR) is 57.0 cm³/mol. The van der Waals surface area contributed by atoms with E-state index in [1.54, 1.807) is 12.3 Å². The third-order valence-corrected chi connectivity index (χ3v) is 2.52. The van der Waals surface area contributed by atoms with E-state index in [9.17, 15) is 9.59 Å². The van der Waals surface area contributed by atoms with Crippen LogP contribution in [-0.2, 0) is 16.0 Å². The number of carbonyl (C=O) groups excluding carboxylic acids is 1. The highest BCUT2D eigenvalue weighted by Gasteiger charge is 2.06. The summed E-state index contributed by atoms with van der Waals surface area (Å²) in [6, 6.07) is 0. The maximum absolute atomic E-state index is 11.0. The maximum atomic E-state index is 11.0. The first-order chi connectivity index (χ1) is 7.11. The minimum atomic E-state index is -0.845. The Labute approximate surface area is 91.1 Å². The number of anilines is 1. The zero-order chi connectivity index (χ0) is 11.3. The van der Waals surface area contributed by atoms with E-state index >= 15 is 0 Å². The van der Waals surface area contributed by atoms with Crippen LogP contribution < -0.4 is 5.32 Å². The van der Waals surface area contributed by atoms with Crippen molar-refractivity contribution in [2.24, 2.45) is 0 Å². The smallest absolute Gasteiger partial charge is 0.303 e. The summed E-state index contributed by atoms with van der Waals surface area (Å²) in [6.07, 6.45) is 0.864. The van der Waals surface area contributed by atoms with Crippen LogP contribution in [0.2, 0.25) is 0 Å². The number of carboxylic acids is 1. The monoisotopic (exact) mass is 228 g/mol. The van der Waals surface area contributed by atoms with Gasteiger partial charge in [-0.2, -0.15) is 0 Å². The third-order valence-electron chi connectivity index (χ3n) is 1.71. The molecule has 0 aliphatic rings. The molecule has 0 aromatic carbocycles. The fourth-order valence-electron chi connectivity index (χ4n) is 0.922. The molecular weight excluding hydrogens is 216 g/mol. The molecule has 1 amide bonds. The third kappa shape index (κ3) is 4.07. The Morgan fingerprint density at radius 3 is 2.93 bits per heavy atom. The molecule has 0 saturated carbocycles. The summed E-state index contributed by atoms with van der Waals surface area (Å²) in [7, 11) is 0. The van der Waals surface area contributed by atoms with Gasteiger partial charge in [0, 0.05) is 18.2 Å². The van der Waals surface area contributed by atoms with Crippen LogP contribution in [0.25, 0.3) is 0 Å². The van der Waals surface area contributed by atoms with Crippen molar-refractivity contribution in [2.45, 2.75) is 26.2 Å². The molecule has 5 nitrogen and oxygen atoms in total. The molecule has 0 atom stereocenters. The van der Waals surface area contributed by atoms with Gasteiger partial charge in [-0.3, -0.25) is 9.59 Å². The predicted octanol–water partition coefficient (Wildman–Crippen LogP) is 1.51. The van der Waals surface area contributed by atoms with E-state index in [1.807, 2.05) is 0 Å². The molecule has 1 rings (SSSR count). The average molecular weight is 228 g/mol. The molecule has 1 aromatic heterocycles. The fourth-order valence-corrected chi connectivity index (χ4v) is 1.68. The van der Waals surface area contributed by atoms with E-state index in [0.717, 1.165) is 0 Å². The number of rotatable bonds is 5. The SMILES string of the molecule is CCC(=O)Nc1nc(CCC(=O)O)cs1. The Balaban J connectivity index is 2.49. The molecule has 0 bridgehead atoms. The Hall–Kier alpha value is -1.43. The number of aromatic nitrogens is 1. The second-order valence-electron chi connectivity index (χ2n) is 2.94. The van der Waals surface area contributed by atoms with E-state index in [0.29, 0.717) is 23.7 Å². The summed E-state index contributed by atoms with van der Waals surface area (Å²) < 4.78 is 0. The summed E-state index contributed by atoms with van der Waals surface area (Å²) >= 11 is 1.31. The molecule has 0 spiro atoms. The van der Waals surface area contributed by atoms with Crippen molar-refractivity contribution in [2.75, 3.05) is 5.32 Å². The average Bonchev–Trinajstić information content (AvgIpc) is 2.62. The molecule has 1 aromatic rings. The minimum absolute atomic E-state index is 0.0604. The van der Waals surface area contributed by atoms with Crippen LogP contribution in [-0.4, -0.2) is 22.0 Å². The van der Waals surface area contributed by atoms with Gasteiger partial charge in [0.05, 0.1) is 12.1 Å². The summed E-state index contributed by atoms with van der Waals surface area (Å²) in [5.41, 5.74) is 0.703. The van der Waals surface area contributed by atoms with Gasteiger partial charge in [0.25, 0.3) is 0 Å². The lowest BCUT2D eigenvalue weighted by Gasteiger charge is -1.96. The van der Waals surface area contributed by atoms with Crippen LogP contribution in [0.3, 0.4) is 0 Å². The Kier molecular flexibility index (Phi) is 4.23. The van der Waals surface area contributed by atoms with Crippen molar-refractivity contribution < 1.29 is 14.7 Å². The number of amides is 1. The second-order valence-corrected chi connectivity index (χ2v) is 3.80. The minimum Gasteiger partial charge on any atom is -0.481 e. The zero-order valence-electron chi connectivity index (χ0n) is 8.32. The van der Waals surface area contributed by atoms with Crippen LogP contribution in [0, 0.1) is 0 Å². The first-order valence-corrected chi connectivity index (χ1v) is 5.45. The van der Waals surface area contributed by atoms with Crippen molar-refractivity contribution in [3.8, 4) is 0 Å². The molecule has 82 valence electrons. The number of aliphatic carboxylic acids is 1. The maximum Gasteiger partial charge on any atom is 0.303 e. The van der Waals surface area contributed by atoms with Crippen LogP contribution in [0.1, 0.15) is 25.5 Å². The van der Waals surface area contributed by atoms with E-state index in [1.165, 1.54) is 11.3 Å². The van der Waals surface area contributed by atoms with E-state index in [4.69, 9.17) is 5.11 Å². The normalized spacial score (nSPS) is 9.93. The van der Waals surface area contributed by atoms with Crippen LogP contribution in [0.5, 0.6) is 0 Å². The summed E-state index contributed by atoms with van der Waals surface area (Å²) in [5.74, 6) is -0.934. The van der Waals surface area contributed by atoms with Gasteiger partial charge >= 0.3 is 5.97 Å². The topological polar surface area (TPSA) is 79.3 Å². The lowest BCUT2D eigenvalue weighted by molar-refractivity contribution is -0.137. The summed E-state index contributed by atoms with van der Waals surface area (Å²) in [6.45, 7) is 1.76. The standard InChI is InChI=1S/C9H12N2O3S/c1-2-7(12)11-9-10-6(5-15-9)3-4-8(13)14/h5H,2-4H2,1H3,(H,13,14)(H,10,11,12). The molecule has 2 N–H and O–H groups in total. The number of thiazole rings is 1. The molecule has 1 heterocycles. The highest BCUT2D eigenvalue weighted by Crippen LogP contribution is 2.16. The molecule has 0 aliphatic carbocycles. The van der Waals surface area contributed by atoms with Crippen LogP contribution in [0.4, 0.5) is 5.13 Å². The largest absolute Gasteiger partial charge is 0.481 e. The first-order valence-electron chi connectivity index (χ1n) is 4.58. The number of carbonyl (C=O) groups is 2. The van der Waals surface area contributed by atoms with Gasteiger partial charge in [-0.05, 0) is 0 Å². The van der Waals surface area contributed by atoms with Gasteiger partial charge in [-0.25, -0.2) is 4.98 Å². The lowest BCUT2D eigenvalue weighted by Crippen LogP contribution is -2.09. The molecule has 0 radical (unpaired) electrons. The highest BCUT2D eigenvalue weighted by molar-refractivity contribution is 7.13. The molecule has 0 saturated heterocycles. The molecule has 15 heavy (non-hydrogen) atoms. The number of nitrogens with zero attached hydrogens (tertiary/aromatic N) is 1. The number of aryl methyl sites for hydroxylation is 1. The highest BCUT2D eigenvalue weighted by atomic mass is 32.1. The van der Waals surface area contributed by atoms with Gasteiger partial charge in [-0.1, -0.05) is 6.92 Å². The van der Waals surface area contributed by atoms with Gasteiger partial charge in [0.15, 0.2) is 5.13 Å². The Morgan fingerprint density at radius 1 is 1.60 bits per heavy atom. The number of hydrogen-bond acceptors (Lipinski definition) is 4. The molecule has 0 aliphatic heterocycles. The van der Waals surface area contributed by atoms with Gasteiger partial charge in [0.1, 0.15) is 0 Å². The van der Waals surface area contributed by atoms with Crippen LogP contribution in [0.15, 0.2) is 5.38 Å². The van der Waals surface area contributed by atoms with Gasteiger partial charge < -0.3 is 10.4 Å². The lowest BCUT2D eigenvalue weighted by atomic mass is 10.2. The Bertz CT molecular complexity index is 362. The van der Waals surface area contributed by atoms with Crippen molar-refractivity contribution in [1.82, 2.24) is 4.98 Å². The van der Waals surface area contributed by atoms with E-state index < -0.39 is 5.97 Å². The summed E-state index contributed by atoms with van der Waals surface area (Å²) in [5, 5.41) is 13.4. The molecular formula is C9H12N2O3S. The Morgan fingerprint density at radius 2 is 2.33 bits per heavy atom. The van der Waals surface area contributed by atoms with E-state index in [2.05, 4.69) is 10.3 Å². The summed E-state index contributed by atoms with van der Waals surface area (Å²) in [4.78, 5) is 25.4. The van der Waals surface area contributed by atoms with Crippen LogP contribution >= 0.6 is 11.3 Å². The second kappa shape index (κ2) is 5.45. The molecule has 0 fully saturated rings. The number of hydrogen-bond donors (Lipinski definition) is 2. The molecule has 0 unspecified atom stereocenters. The fraction of sp³-hybridized carbons (Fsp3) is 0.444. The van der Waals surface area contributed by atoms with Crippen molar-refractivity contribution in [3.63, 3.8) is 0 Å². The van der Waals surface area contributed by atoms with Gasteiger partial charge in [0.2, 0.25) is 5.91 Å². The van der Waals surface area contributed by atoms with Gasteiger partial charge in [-0.15, -0.1) is 11.3 Å². The first kappa shape index (κ1) is 11.6. The van der Waals surface area contributed by atoms with Crippen molar-refractivity contribution >= 4 is 28.3 Å².